The molecule has 2 aromatic carbocycles. The van der Waals surface area contributed by atoms with E-state index in [0.29, 0.717) is 11.4 Å². The quantitative estimate of drug-likeness (QED) is 0.364. The Hall–Kier alpha value is -2.87. The van der Waals surface area contributed by atoms with E-state index >= 15 is 0 Å². The van der Waals surface area contributed by atoms with Gasteiger partial charge in [0.05, 0.1) is 35.6 Å². The van der Waals surface area contributed by atoms with Crippen LogP contribution in [-0.2, 0) is 9.53 Å². The minimum absolute atomic E-state index is 0.121. The van der Waals surface area contributed by atoms with Crippen LogP contribution in [0.15, 0.2) is 40.9 Å². The fourth-order valence-corrected chi connectivity index (χ4v) is 4.34. The molecule has 1 aliphatic carbocycles. The molecular weight excluding hydrogens is 472 g/mol. The van der Waals surface area contributed by atoms with Gasteiger partial charge in [-0.25, -0.2) is 9.78 Å². The SMILES string of the molecule is CCOC(=O)Nc1cc2[nH]c(-c3ccc(Br)cc3)nc2cc1NCC(=O)C1CCCCC1. The van der Waals surface area contributed by atoms with Gasteiger partial charge in [-0.1, -0.05) is 47.3 Å². The number of amides is 1. The molecule has 0 bridgehead atoms. The fraction of sp³-hybridized carbons (Fsp3) is 0.375. The van der Waals surface area contributed by atoms with E-state index in [1.54, 1.807) is 6.92 Å². The number of nitrogens with zero attached hydrogens (tertiary/aromatic N) is 1. The Labute approximate surface area is 195 Å². The molecule has 0 aliphatic heterocycles. The number of anilines is 2. The van der Waals surface area contributed by atoms with Gasteiger partial charge in [0.15, 0.2) is 5.78 Å². The molecule has 3 N–H and O–H groups in total. The summed E-state index contributed by atoms with van der Waals surface area (Å²) in [7, 11) is 0. The highest BCUT2D eigenvalue weighted by atomic mass is 79.9. The summed E-state index contributed by atoms with van der Waals surface area (Å²) in [6.45, 7) is 2.25. The largest absolute Gasteiger partial charge is 0.450 e. The first-order valence-electron chi connectivity index (χ1n) is 11.0. The highest BCUT2D eigenvalue weighted by Gasteiger charge is 2.21. The van der Waals surface area contributed by atoms with Crippen LogP contribution in [0, 0.1) is 5.92 Å². The summed E-state index contributed by atoms with van der Waals surface area (Å²) in [5.74, 6) is 1.06. The van der Waals surface area contributed by atoms with Crippen molar-refractivity contribution in [2.24, 2.45) is 5.92 Å². The molecule has 32 heavy (non-hydrogen) atoms. The number of nitrogens with one attached hydrogen (secondary N) is 3. The molecule has 1 aliphatic rings. The molecule has 8 heteroatoms. The first-order chi connectivity index (χ1) is 15.5. The minimum atomic E-state index is -0.541. The predicted octanol–water partition coefficient (Wildman–Crippen LogP) is 6.12. The van der Waals surface area contributed by atoms with Crippen molar-refractivity contribution in [3.8, 4) is 11.4 Å². The molecular formula is C24H27BrN4O3. The highest BCUT2D eigenvalue weighted by molar-refractivity contribution is 9.10. The van der Waals surface area contributed by atoms with E-state index in [9.17, 15) is 9.59 Å². The summed E-state index contributed by atoms with van der Waals surface area (Å²) >= 11 is 3.45. The zero-order valence-electron chi connectivity index (χ0n) is 18.0. The Morgan fingerprint density at radius 2 is 1.88 bits per heavy atom. The lowest BCUT2D eigenvalue weighted by atomic mass is 9.86. The van der Waals surface area contributed by atoms with E-state index in [1.165, 1.54) is 6.42 Å². The van der Waals surface area contributed by atoms with Gasteiger partial charge in [0, 0.05) is 16.0 Å². The standard InChI is InChI=1S/C24H27BrN4O3/c1-2-32-24(31)29-19-13-21-20(27-23(28-21)16-8-10-17(25)11-9-16)12-18(19)26-14-22(30)15-6-4-3-5-7-15/h8-13,15,26H,2-7,14H2,1H3,(H,27,28)(H,29,31). The summed E-state index contributed by atoms with van der Waals surface area (Å²) < 4.78 is 6.04. The van der Waals surface area contributed by atoms with Crippen molar-refractivity contribution in [3.63, 3.8) is 0 Å². The molecule has 1 fully saturated rings. The third-order valence-corrected chi connectivity index (χ3v) is 6.29. The molecule has 0 saturated heterocycles. The van der Waals surface area contributed by atoms with Gasteiger partial charge in [-0.15, -0.1) is 0 Å². The van der Waals surface area contributed by atoms with Gasteiger partial charge >= 0.3 is 6.09 Å². The molecule has 3 aromatic rings. The monoisotopic (exact) mass is 498 g/mol. The second-order valence-electron chi connectivity index (χ2n) is 8.01. The third kappa shape index (κ3) is 5.30. The smallest absolute Gasteiger partial charge is 0.411 e. The van der Waals surface area contributed by atoms with Gasteiger partial charge in [-0.2, -0.15) is 0 Å². The normalized spacial score (nSPS) is 14.3. The van der Waals surface area contributed by atoms with Crippen LogP contribution in [0.25, 0.3) is 22.4 Å². The maximum atomic E-state index is 12.7. The number of ketones is 1. The Balaban J connectivity index is 1.60. The first kappa shape index (κ1) is 22.3. The average Bonchev–Trinajstić information content (AvgIpc) is 3.21. The maximum Gasteiger partial charge on any atom is 0.411 e. The molecule has 1 heterocycles. The Bertz CT molecular complexity index is 1100. The van der Waals surface area contributed by atoms with Crippen LogP contribution in [0.3, 0.4) is 0 Å². The van der Waals surface area contributed by atoms with Crippen LogP contribution in [0.5, 0.6) is 0 Å². The average molecular weight is 499 g/mol. The van der Waals surface area contributed by atoms with Crippen LogP contribution in [0.4, 0.5) is 16.2 Å². The van der Waals surface area contributed by atoms with E-state index in [1.807, 2.05) is 36.4 Å². The van der Waals surface area contributed by atoms with E-state index < -0.39 is 6.09 Å². The van der Waals surface area contributed by atoms with Gasteiger partial charge < -0.3 is 15.0 Å². The number of hydrogen-bond acceptors (Lipinski definition) is 5. The van der Waals surface area contributed by atoms with Crippen molar-refractivity contribution in [1.29, 1.82) is 0 Å². The number of Topliss-reactive ketones (excluding diaryl/α,β-unsaturated/α-hetero) is 1. The zero-order valence-corrected chi connectivity index (χ0v) is 19.6. The zero-order chi connectivity index (χ0) is 22.5. The van der Waals surface area contributed by atoms with Crippen LogP contribution < -0.4 is 10.6 Å². The van der Waals surface area contributed by atoms with Crippen molar-refractivity contribution < 1.29 is 14.3 Å². The molecule has 1 amide bonds. The lowest BCUT2D eigenvalue weighted by Crippen LogP contribution is -2.25. The number of aromatic nitrogens is 2. The van der Waals surface area contributed by atoms with Gasteiger partial charge in [-0.3, -0.25) is 10.1 Å². The number of fused-ring (bicyclic) bond motifs is 1. The Morgan fingerprint density at radius 1 is 1.12 bits per heavy atom. The van der Waals surface area contributed by atoms with Crippen molar-refractivity contribution in [2.45, 2.75) is 39.0 Å². The van der Waals surface area contributed by atoms with Crippen LogP contribution >= 0.6 is 15.9 Å². The van der Waals surface area contributed by atoms with Crippen LogP contribution in [0.2, 0.25) is 0 Å². The second kappa shape index (κ2) is 10.2. The number of benzene rings is 2. The maximum absolute atomic E-state index is 12.7. The molecule has 7 nitrogen and oxygen atoms in total. The molecule has 0 radical (unpaired) electrons. The number of aromatic amines is 1. The fourth-order valence-electron chi connectivity index (χ4n) is 4.08. The number of carbonyl (C=O) groups is 2. The van der Waals surface area contributed by atoms with Crippen molar-refractivity contribution in [2.75, 3.05) is 23.8 Å². The number of ether oxygens (including phenoxy) is 1. The molecule has 0 spiro atoms. The summed E-state index contributed by atoms with van der Waals surface area (Å²) in [5, 5.41) is 6.00. The number of imidazole rings is 1. The molecule has 1 aromatic heterocycles. The molecule has 1 saturated carbocycles. The van der Waals surface area contributed by atoms with E-state index in [2.05, 4.69) is 31.5 Å². The van der Waals surface area contributed by atoms with E-state index in [-0.39, 0.29) is 24.9 Å². The van der Waals surface area contributed by atoms with E-state index in [0.717, 1.165) is 52.6 Å². The number of rotatable bonds is 7. The molecule has 168 valence electrons. The third-order valence-electron chi connectivity index (χ3n) is 5.76. The first-order valence-corrected chi connectivity index (χ1v) is 11.8. The van der Waals surface area contributed by atoms with Gasteiger partial charge in [0.25, 0.3) is 0 Å². The minimum Gasteiger partial charge on any atom is -0.450 e. The Morgan fingerprint density at radius 3 is 2.59 bits per heavy atom. The molecule has 0 unspecified atom stereocenters. The number of H-pyrrole nitrogens is 1. The van der Waals surface area contributed by atoms with Crippen molar-refractivity contribution in [3.05, 3.63) is 40.9 Å². The predicted molar refractivity (Wildman–Crippen MR) is 130 cm³/mol. The van der Waals surface area contributed by atoms with Crippen LogP contribution in [-0.4, -0.2) is 35.0 Å². The second-order valence-corrected chi connectivity index (χ2v) is 8.92. The summed E-state index contributed by atoms with van der Waals surface area (Å²) in [4.78, 5) is 32.8. The van der Waals surface area contributed by atoms with Crippen LogP contribution in [0.1, 0.15) is 39.0 Å². The lowest BCUT2D eigenvalue weighted by molar-refractivity contribution is -0.122. The van der Waals surface area contributed by atoms with Gasteiger partial charge in [-0.05, 0) is 44.0 Å². The Kier molecular flexibility index (Phi) is 7.09. The summed E-state index contributed by atoms with van der Waals surface area (Å²) in [6.07, 6.45) is 4.82. The van der Waals surface area contributed by atoms with Crippen molar-refractivity contribution >= 4 is 50.2 Å². The summed E-state index contributed by atoms with van der Waals surface area (Å²) in [5.41, 5.74) is 3.65. The van der Waals surface area contributed by atoms with Gasteiger partial charge in [0.1, 0.15) is 5.82 Å². The number of halogens is 1. The van der Waals surface area contributed by atoms with Gasteiger partial charge in [0.2, 0.25) is 0 Å². The molecule has 0 atom stereocenters. The number of hydrogen-bond donors (Lipinski definition) is 3. The van der Waals surface area contributed by atoms with E-state index in [4.69, 9.17) is 9.72 Å². The lowest BCUT2D eigenvalue weighted by Gasteiger charge is -2.21. The summed E-state index contributed by atoms with van der Waals surface area (Å²) in [6, 6.07) is 11.5. The molecule has 4 rings (SSSR count). The van der Waals surface area contributed by atoms with Crippen molar-refractivity contribution in [1.82, 2.24) is 9.97 Å². The number of carbonyl (C=O) groups excluding carboxylic acids is 2. The topological polar surface area (TPSA) is 96.1 Å². The highest BCUT2D eigenvalue weighted by Crippen LogP contribution is 2.31.